The van der Waals surface area contributed by atoms with Crippen LogP contribution in [0.25, 0.3) is 0 Å². The fourth-order valence-electron chi connectivity index (χ4n) is 2.36. The lowest BCUT2D eigenvalue weighted by Gasteiger charge is -2.22. The van der Waals surface area contributed by atoms with Crippen LogP contribution in [0.2, 0.25) is 0 Å². The van der Waals surface area contributed by atoms with E-state index in [2.05, 4.69) is 17.2 Å². The second kappa shape index (κ2) is 5.93. The summed E-state index contributed by atoms with van der Waals surface area (Å²) in [6.07, 6.45) is 3.66. The highest BCUT2D eigenvalue weighted by Gasteiger charge is 2.17. The number of benzene rings is 1. The predicted molar refractivity (Wildman–Crippen MR) is 75.6 cm³/mol. The first-order valence-electron chi connectivity index (χ1n) is 6.53. The van der Waals surface area contributed by atoms with Gasteiger partial charge in [-0.2, -0.15) is 0 Å². The quantitative estimate of drug-likeness (QED) is 0.907. The Hall–Kier alpha value is -1.74. The number of nitrogens with one attached hydrogen (secondary N) is 1. The lowest BCUT2D eigenvalue weighted by atomic mass is 9.93. The fourth-order valence-corrected chi connectivity index (χ4v) is 2.36. The van der Waals surface area contributed by atoms with Gasteiger partial charge in [0, 0.05) is 12.4 Å². The summed E-state index contributed by atoms with van der Waals surface area (Å²) < 4.78 is 13.2. The molecule has 100 valence electrons. The van der Waals surface area contributed by atoms with Gasteiger partial charge < -0.3 is 5.32 Å². The molecule has 1 aromatic carbocycles. The summed E-state index contributed by atoms with van der Waals surface area (Å²) in [7, 11) is 0. The second-order valence-electron chi connectivity index (χ2n) is 4.72. The lowest BCUT2D eigenvalue weighted by molar-refractivity contribution is 0.608. The second-order valence-corrected chi connectivity index (χ2v) is 4.72. The van der Waals surface area contributed by atoms with Crippen LogP contribution in [0.5, 0.6) is 0 Å². The molecular weight excluding hydrogens is 239 g/mol. The summed E-state index contributed by atoms with van der Waals surface area (Å²) in [5, 5.41) is 3.47. The molecule has 0 aliphatic carbocycles. The van der Waals surface area contributed by atoms with E-state index in [0.717, 1.165) is 23.2 Å². The van der Waals surface area contributed by atoms with Crippen LogP contribution >= 0.6 is 0 Å². The largest absolute Gasteiger partial charge is 0.307 e. The highest BCUT2D eigenvalue weighted by molar-refractivity contribution is 5.39. The minimum absolute atomic E-state index is 0.0774. The van der Waals surface area contributed by atoms with Gasteiger partial charge in [-0.15, -0.1) is 0 Å². The SMILES string of the molecule is CCNC(c1ccncc1C)c1ccc(F)cc1C. The third kappa shape index (κ3) is 2.99. The van der Waals surface area contributed by atoms with Crippen molar-refractivity contribution in [3.05, 3.63) is 64.7 Å². The fraction of sp³-hybridized carbons (Fsp3) is 0.312. The Morgan fingerprint density at radius 3 is 2.53 bits per heavy atom. The van der Waals surface area contributed by atoms with Gasteiger partial charge in [-0.1, -0.05) is 13.0 Å². The molecule has 1 unspecified atom stereocenters. The highest BCUT2D eigenvalue weighted by Crippen LogP contribution is 2.27. The standard InChI is InChI=1S/C16H19FN2/c1-4-19-16(15-7-8-18-10-12(15)3)14-6-5-13(17)9-11(14)2/h5-10,16,19H,4H2,1-3H3. The van der Waals surface area contributed by atoms with Crippen molar-refractivity contribution in [1.29, 1.82) is 0 Å². The molecule has 2 rings (SSSR count). The molecular formula is C16H19FN2. The maximum Gasteiger partial charge on any atom is 0.123 e. The summed E-state index contributed by atoms with van der Waals surface area (Å²) >= 11 is 0. The van der Waals surface area contributed by atoms with Gasteiger partial charge in [-0.25, -0.2) is 4.39 Å². The van der Waals surface area contributed by atoms with Crippen molar-refractivity contribution >= 4 is 0 Å². The van der Waals surface area contributed by atoms with Crippen molar-refractivity contribution in [2.75, 3.05) is 6.54 Å². The summed E-state index contributed by atoms with van der Waals surface area (Å²) in [6.45, 7) is 6.91. The molecule has 0 fully saturated rings. The van der Waals surface area contributed by atoms with Gasteiger partial charge in [0.2, 0.25) is 0 Å². The molecule has 0 bridgehead atoms. The van der Waals surface area contributed by atoms with Gasteiger partial charge in [-0.05, 0) is 60.8 Å². The first-order valence-corrected chi connectivity index (χ1v) is 6.53. The highest BCUT2D eigenvalue weighted by atomic mass is 19.1. The molecule has 0 saturated carbocycles. The van der Waals surface area contributed by atoms with E-state index in [0.29, 0.717) is 0 Å². The third-order valence-corrected chi connectivity index (χ3v) is 3.33. The maximum atomic E-state index is 13.2. The van der Waals surface area contributed by atoms with Gasteiger partial charge in [0.1, 0.15) is 5.82 Å². The van der Waals surface area contributed by atoms with Crippen molar-refractivity contribution in [1.82, 2.24) is 10.3 Å². The molecule has 0 radical (unpaired) electrons. The van der Waals surface area contributed by atoms with Crippen LogP contribution in [0.15, 0.2) is 36.7 Å². The molecule has 3 heteroatoms. The Kier molecular flexibility index (Phi) is 4.27. The van der Waals surface area contributed by atoms with E-state index in [1.54, 1.807) is 12.3 Å². The van der Waals surface area contributed by atoms with E-state index < -0.39 is 0 Å². The van der Waals surface area contributed by atoms with E-state index in [4.69, 9.17) is 0 Å². The van der Waals surface area contributed by atoms with Crippen LogP contribution in [0, 0.1) is 19.7 Å². The molecule has 2 nitrogen and oxygen atoms in total. The molecule has 0 spiro atoms. The lowest BCUT2D eigenvalue weighted by Crippen LogP contribution is -2.23. The first-order chi connectivity index (χ1) is 9.13. The summed E-state index contributed by atoms with van der Waals surface area (Å²) in [5.41, 5.74) is 4.39. The summed E-state index contributed by atoms with van der Waals surface area (Å²) in [5.74, 6) is -0.192. The number of pyridine rings is 1. The van der Waals surface area contributed by atoms with Crippen LogP contribution in [-0.2, 0) is 0 Å². The van der Waals surface area contributed by atoms with E-state index in [1.807, 2.05) is 32.2 Å². The van der Waals surface area contributed by atoms with Gasteiger partial charge in [0.05, 0.1) is 6.04 Å². The topological polar surface area (TPSA) is 24.9 Å². The van der Waals surface area contributed by atoms with Crippen molar-refractivity contribution in [3.63, 3.8) is 0 Å². The molecule has 1 heterocycles. The van der Waals surface area contributed by atoms with Crippen molar-refractivity contribution in [3.8, 4) is 0 Å². The van der Waals surface area contributed by atoms with Crippen molar-refractivity contribution in [2.24, 2.45) is 0 Å². The van der Waals surface area contributed by atoms with Crippen LogP contribution in [0.4, 0.5) is 4.39 Å². The molecule has 2 aromatic rings. The number of nitrogens with zero attached hydrogens (tertiary/aromatic N) is 1. The number of halogens is 1. The zero-order chi connectivity index (χ0) is 13.8. The van der Waals surface area contributed by atoms with Crippen LogP contribution in [0.3, 0.4) is 0 Å². The van der Waals surface area contributed by atoms with E-state index in [-0.39, 0.29) is 11.9 Å². The van der Waals surface area contributed by atoms with E-state index >= 15 is 0 Å². The molecule has 1 N–H and O–H groups in total. The summed E-state index contributed by atoms with van der Waals surface area (Å²) in [4.78, 5) is 4.13. The molecule has 1 aromatic heterocycles. The molecule has 1 atom stereocenters. The third-order valence-electron chi connectivity index (χ3n) is 3.33. The van der Waals surface area contributed by atoms with Crippen LogP contribution in [-0.4, -0.2) is 11.5 Å². The molecule has 0 aliphatic heterocycles. The normalized spacial score (nSPS) is 12.4. The van der Waals surface area contributed by atoms with Gasteiger partial charge >= 0.3 is 0 Å². The van der Waals surface area contributed by atoms with Gasteiger partial charge in [0.15, 0.2) is 0 Å². The first kappa shape index (κ1) is 13.7. The van der Waals surface area contributed by atoms with E-state index in [1.165, 1.54) is 11.6 Å². The molecule has 0 saturated heterocycles. The van der Waals surface area contributed by atoms with E-state index in [9.17, 15) is 4.39 Å². The molecule has 0 aliphatic rings. The Bertz CT molecular complexity index is 566. The average molecular weight is 258 g/mol. The Morgan fingerprint density at radius 1 is 1.16 bits per heavy atom. The maximum absolute atomic E-state index is 13.2. The van der Waals surface area contributed by atoms with Crippen LogP contribution in [0.1, 0.15) is 35.2 Å². The average Bonchev–Trinajstić information content (AvgIpc) is 2.38. The Balaban J connectivity index is 2.48. The van der Waals surface area contributed by atoms with Gasteiger partial charge in [-0.3, -0.25) is 4.98 Å². The number of rotatable bonds is 4. The number of aromatic nitrogens is 1. The predicted octanol–water partition coefficient (Wildman–Crippen LogP) is 3.54. The smallest absolute Gasteiger partial charge is 0.123 e. The number of hydrogen-bond acceptors (Lipinski definition) is 2. The monoisotopic (exact) mass is 258 g/mol. The zero-order valence-corrected chi connectivity index (χ0v) is 11.6. The minimum Gasteiger partial charge on any atom is -0.307 e. The van der Waals surface area contributed by atoms with Gasteiger partial charge in [0.25, 0.3) is 0 Å². The van der Waals surface area contributed by atoms with Crippen LogP contribution < -0.4 is 5.32 Å². The minimum atomic E-state index is -0.192. The summed E-state index contributed by atoms with van der Waals surface area (Å²) in [6, 6.07) is 7.05. The number of aryl methyl sites for hydroxylation is 2. The van der Waals surface area contributed by atoms with Crippen molar-refractivity contribution in [2.45, 2.75) is 26.8 Å². The zero-order valence-electron chi connectivity index (χ0n) is 11.6. The molecule has 19 heavy (non-hydrogen) atoms. The molecule has 0 amide bonds. The Morgan fingerprint density at radius 2 is 1.89 bits per heavy atom. The number of hydrogen-bond donors (Lipinski definition) is 1. The van der Waals surface area contributed by atoms with Crippen molar-refractivity contribution < 1.29 is 4.39 Å². The Labute approximate surface area is 113 Å².